The van der Waals surface area contributed by atoms with E-state index in [1.165, 1.54) is 25.7 Å². The molecule has 0 aliphatic carbocycles. The van der Waals surface area contributed by atoms with Crippen LogP contribution >= 0.6 is 21.6 Å². The SMILES string of the molecule is COC(=O)[C@H](Cc1cnc[nH]1)NC(=O)CCCCC1CCSS1. The summed E-state index contributed by atoms with van der Waals surface area (Å²) in [4.78, 5) is 30.7. The zero-order valence-corrected chi connectivity index (χ0v) is 14.9. The molecule has 1 aliphatic rings. The van der Waals surface area contributed by atoms with Crippen molar-refractivity contribution in [3.05, 3.63) is 18.2 Å². The van der Waals surface area contributed by atoms with Gasteiger partial charge in [-0.3, -0.25) is 4.79 Å². The number of aromatic nitrogens is 2. The van der Waals surface area contributed by atoms with Crippen LogP contribution in [-0.2, 0) is 20.7 Å². The van der Waals surface area contributed by atoms with Crippen LogP contribution in [0.15, 0.2) is 12.5 Å². The van der Waals surface area contributed by atoms with Gasteiger partial charge >= 0.3 is 5.97 Å². The van der Waals surface area contributed by atoms with E-state index < -0.39 is 12.0 Å². The van der Waals surface area contributed by atoms with Gasteiger partial charge in [0.15, 0.2) is 0 Å². The maximum atomic E-state index is 12.0. The lowest BCUT2D eigenvalue weighted by atomic mass is 10.1. The molecule has 1 unspecified atom stereocenters. The maximum absolute atomic E-state index is 12.0. The van der Waals surface area contributed by atoms with Crippen LogP contribution in [0.4, 0.5) is 0 Å². The molecule has 128 valence electrons. The topological polar surface area (TPSA) is 84.1 Å². The molecule has 1 aromatic rings. The molecule has 0 saturated carbocycles. The van der Waals surface area contributed by atoms with Gasteiger partial charge in [-0.15, -0.1) is 0 Å². The molecule has 6 nitrogen and oxygen atoms in total. The van der Waals surface area contributed by atoms with E-state index in [-0.39, 0.29) is 5.91 Å². The summed E-state index contributed by atoms with van der Waals surface area (Å²) in [5, 5.41) is 3.51. The van der Waals surface area contributed by atoms with E-state index in [0.29, 0.717) is 12.8 Å². The molecule has 0 radical (unpaired) electrons. The van der Waals surface area contributed by atoms with Crippen LogP contribution in [0.5, 0.6) is 0 Å². The molecule has 1 aliphatic heterocycles. The second-order valence-electron chi connectivity index (χ2n) is 5.50. The van der Waals surface area contributed by atoms with Gasteiger partial charge in [0.25, 0.3) is 0 Å². The smallest absolute Gasteiger partial charge is 0.328 e. The number of unbranched alkanes of at least 4 members (excludes halogenated alkanes) is 1. The minimum Gasteiger partial charge on any atom is -0.467 e. The third kappa shape index (κ3) is 6.47. The van der Waals surface area contributed by atoms with Crippen molar-refractivity contribution in [1.29, 1.82) is 0 Å². The Balaban J connectivity index is 1.70. The van der Waals surface area contributed by atoms with Gasteiger partial charge in [0.05, 0.1) is 13.4 Å². The van der Waals surface area contributed by atoms with Crippen molar-refractivity contribution >= 4 is 33.5 Å². The quantitative estimate of drug-likeness (QED) is 0.401. The predicted octanol–water partition coefficient (Wildman–Crippen LogP) is 2.32. The Kier molecular flexibility index (Phi) is 7.81. The second-order valence-corrected chi connectivity index (χ2v) is 8.29. The Labute approximate surface area is 144 Å². The highest BCUT2D eigenvalue weighted by molar-refractivity contribution is 8.77. The van der Waals surface area contributed by atoms with Crippen LogP contribution < -0.4 is 5.32 Å². The molecule has 1 fully saturated rings. The van der Waals surface area contributed by atoms with E-state index >= 15 is 0 Å². The van der Waals surface area contributed by atoms with Gasteiger partial charge < -0.3 is 15.0 Å². The van der Waals surface area contributed by atoms with Crippen LogP contribution in [0.25, 0.3) is 0 Å². The van der Waals surface area contributed by atoms with Crippen LogP contribution in [0.1, 0.15) is 37.8 Å². The molecule has 2 atom stereocenters. The molecule has 1 saturated heterocycles. The van der Waals surface area contributed by atoms with Crippen molar-refractivity contribution in [3.8, 4) is 0 Å². The number of nitrogens with one attached hydrogen (secondary N) is 2. The van der Waals surface area contributed by atoms with E-state index in [1.54, 1.807) is 12.5 Å². The molecule has 2 heterocycles. The summed E-state index contributed by atoms with van der Waals surface area (Å²) in [5.74, 6) is 0.699. The van der Waals surface area contributed by atoms with E-state index in [0.717, 1.165) is 23.8 Å². The first-order chi connectivity index (χ1) is 11.2. The monoisotopic (exact) mass is 357 g/mol. The van der Waals surface area contributed by atoms with Crippen molar-refractivity contribution in [2.45, 2.75) is 49.8 Å². The number of nitrogens with zero attached hydrogens (tertiary/aromatic N) is 1. The molecule has 1 aromatic heterocycles. The summed E-state index contributed by atoms with van der Waals surface area (Å²) in [7, 11) is 5.23. The highest BCUT2D eigenvalue weighted by atomic mass is 33.1. The normalized spacial score (nSPS) is 18.6. The summed E-state index contributed by atoms with van der Waals surface area (Å²) >= 11 is 0. The Bertz CT molecular complexity index is 490. The number of aromatic amines is 1. The number of carbonyl (C=O) groups excluding carboxylic acids is 2. The molecule has 0 spiro atoms. The van der Waals surface area contributed by atoms with Gasteiger partial charge in [-0.2, -0.15) is 0 Å². The number of H-pyrrole nitrogens is 1. The zero-order chi connectivity index (χ0) is 16.5. The standard InChI is InChI=1S/C15H23N3O3S2/c1-21-15(20)13(8-11-9-16-10-17-11)18-14(19)5-3-2-4-12-6-7-22-23-12/h9-10,12-13H,2-8H2,1H3,(H,16,17)(H,18,19)/t12?,13-/m0/s1. The van der Waals surface area contributed by atoms with Gasteiger partial charge in [0, 0.05) is 35.7 Å². The van der Waals surface area contributed by atoms with E-state index in [9.17, 15) is 9.59 Å². The number of carbonyl (C=O) groups is 2. The molecule has 0 bridgehead atoms. The minimum absolute atomic E-state index is 0.103. The van der Waals surface area contributed by atoms with Crippen molar-refractivity contribution in [2.24, 2.45) is 0 Å². The summed E-state index contributed by atoms with van der Waals surface area (Å²) in [6, 6.07) is -0.672. The fourth-order valence-electron chi connectivity index (χ4n) is 2.44. The number of amides is 1. The fourth-order valence-corrected chi connectivity index (χ4v) is 5.47. The number of hydrogen-bond donors (Lipinski definition) is 2. The Hall–Kier alpha value is -1.15. The zero-order valence-electron chi connectivity index (χ0n) is 13.2. The minimum atomic E-state index is -0.672. The number of esters is 1. The Morgan fingerprint density at radius 2 is 2.39 bits per heavy atom. The molecule has 0 aromatic carbocycles. The number of ether oxygens (including phenoxy) is 1. The maximum Gasteiger partial charge on any atom is 0.328 e. The first-order valence-corrected chi connectivity index (χ1v) is 10.2. The Morgan fingerprint density at radius 1 is 1.52 bits per heavy atom. The molecular weight excluding hydrogens is 334 g/mol. The van der Waals surface area contributed by atoms with Crippen LogP contribution in [0.2, 0.25) is 0 Å². The molecule has 1 amide bonds. The summed E-state index contributed by atoms with van der Waals surface area (Å²) in [6.45, 7) is 0. The summed E-state index contributed by atoms with van der Waals surface area (Å²) < 4.78 is 4.76. The van der Waals surface area contributed by atoms with Crippen molar-refractivity contribution in [2.75, 3.05) is 12.9 Å². The average Bonchev–Trinajstić information content (AvgIpc) is 3.23. The van der Waals surface area contributed by atoms with Crippen molar-refractivity contribution < 1.29 is 14.3 Å². The first-order valence-electron chi connectivity index (χ1n) is 7.81. The van der Waals surface area contributed by atoms with E-state index in [2.05, 4.69) is 15.3 Å². The highest BCUT2D eigenvalue weighted by Crippen LogP contribution is 2.39. The third-order valence-corrected chi connectivity index (χ3v) is 6.71. The van der Waals surface area contributed by atoms with Gasteiger partial charge in [-0.25, -0.2) is 9.78 Å². The molecular formula is C15H23N3O3S2. The second kappa shape index (κ2) is 9.87. The fraction of sp³-hybridized carbons (Fsp3) is 0.667. The summed E-state index contributed by atoms with van der Waals surface area (Å²) in [6.07, 6.45) is 8.33. The van der Waals surface area contributed by atoms with Crippen molar-refractivity contribution in [3.63, 3.8) is 0 Å². The van der Waals surface area contributed by atoms with E-state index in [1.807, 2.05) is 21.6 Å². The first kappa shape index (κ1) is 18.2. The average molecular weight is 358 g/mol. The van der Waals surface area contributed by atoms with Gasteiger partial charge in [-0.05, 0) is 19.3 Å². The molecule has 23 heavy (non-hydrogen) atoms. The number of methoxy groups -OCH3 is 1. The largest absolute Gasteiger partial charge is 0.467 e. The molecule has 8 heteroatoms. The lowest BCUT2D eigenvalue weighted by molar-refractivity contribution is -0.145. The van der Waals surface area contributed by atoms with Gasteiger partial charge in [0.1, 0.15) is 6.04 Å². The van der Waals surface area contributed by atoms with Crippen LogP contribution in [0.3, 0.4) is 0 Å². The summed E-state index contributed by atoms with van der Waals surface area (Å²) in [5.41, 5.74) is 0.788. The predicted molar refractivity (Wildman–Crippen MR) is 93.2 cm³/mol. The number of hydrogen-bond acceptors (Lipinski definition) is 6. The lowest BCUT2D eigenvalue weighted by Gasteiger charge is -2.16. The number of imidazole rings is 1. The number of rotatable bonds is 9. The van der Waals surface area contributed by atoms with Crippen molar-refractivity contribution in [1.82, 2.24) is 15.3 Å². The molecule has 2 N–H and O–H groups in total. The van der Waals surface area contributed by atoms with Crippen LogP contribution in [0, 0.1) is 0 Å². The highest BCUT2D eigenvalue weighted by Gasteiger charge is 2.22. The van der Waals surface area contributed by atoms with Gasteiger partial charge in [-0.1, -0.05) is 28.0 Å². The van der Waals surface area contributed by atoms with E-state index in [4.69, 9.17) is 4.74 Å². The van der Waals surface area contributed by atoms with Gasteiger partial charge in [0.2, 0.25) is 5.91 Å². The van der Waals surface area contributed by atoms with Crippen LogP contribution in [-0.4, -0.2) is 46.0 Å². The third-order valence-electron chi connectivity index (χ3n) is 3.71. The Morgan fingerprint density at radius 3 is 3.04 bits per heavy atom. The lowest BCUT2D eigenvalue weighted by Crippen LogP contribution is -2.43. The molecule has 2 rings (SSSR count).